The van der Waals surface area contributed by atoms with Gasteiger partial charge in [0.15, 0.2) is 0 Å². The van der Waals surface area contributed by atoms with E-state index in [-0.39, 0.29) is 11.5 Å². The number of carboxylic acid groups (broad SMARTS) is 1. The van der Waals surface area contributed by atoms with Crippen molar-refractivity contribution in [3.63, 3.8) is 0 Å². The maximum atomic E-state index is 11.0. The fraction of sp³-hybridized carbons (Fsp3) is 0.667. The highest BCUT2D eigenvalue weighted by atomic mass is 16.4. The molecule has 0 bridgehead atoms. The van der Waals surface area contributed by atoms with Crippen LogP contribution in [0.4, 0.5) is 0 Å². The molecule has 1 heterocycles. The van der Waals surface area contributed by atoms with E-state index in [9.17, 15) is 4.79 Å². The van der Waals surface area contributed by atoms with Crippen molar-refractivity contribution in [1.29, 1.82) is 0 Å². The lowest BCUT2D eigenvalue weighted by Gasteiger charge is -2.48. The summed E-state index contributed by atoms with van der Waals surface area (Å²) in [5.74, 6) is -0.235. The zero-order valence-electron chi connectivity index (χ0n) is 11.3. The highest BCUT2D eigenvalue weighted by molar-refractivity contribution is 5.70. The minimum Gasteiger partial charge on any atom is -0.481 e. The number of rotatable bonds is 3. The Morgan fingerprint density at radius 3 is 2.44 bits per heavy atom. The maximum Gasteiger partial charge on any atom is 0.306 e. The van der Waals surface area contributed by atoms with E-state index in [4.69, 9.17) is 5.11 Å². The third kappa shape index (κ3) is 2.37. The van der Waals surface area contributed by atoms with Crippen molar-refractivity contribution in [1.82, 2.24) is 4.90 Å². The molecule has 1 N–H and O–H groups in total. The van der Waals surface area contributed by atoms with E-state index in [0.29, 0.717) is 5.92 Å². The number of hydrogen-bond donors (Lipinski definition) is 1. The molecule has 0 spiro atoms. The molecule has 0 aromatic heterocycles. The molecule has 1 saturated heterocycles. The van der Waals surface area contributed by atoms with E-state index in [2.05, 4.69) is 43.1 Å². The Morgan fingerprint density at radius 2 is 2.00 bits per heavy atom. The Labute approximate surface area is 109 Å². The van der Waals surface area contributed by atoms with Crippen LogP contribution < -0.4 is 0 Å². The van der Waals surface area contributed by atoms with Crippen molar-refractivity contribution < 1.29 is 9.90 Å². The van der Waals surface area contributed by atoms with E-state index < -0.39 is 5.97 Å². The molecule has 1 unspecified atom stereocenters. The fourth-order valence-electron chi connectivity index (χ4n) is 3.20. The smallest absolute Gasteiger partial charge is 0.306 e. The molecule has 1 atom stereocenters. The normalized spacial score (nSPS) is 29.9. The Bertz CT molecular complexity index is 365. The Kier molecular flexibility index (Phi) is 3.91. The van der Waals surface area contributed by atoms with Crippen LogP contribution in [0, 0.1) is 11.8 Å². The van der Waals surface area contributed by atoms with Crippen molar-refractivity contribution in [2.75, 3.05) is 13.1 Å². The van der Waals surface area contributed by atoms with Gasteiger partial charge in [-0.15, -0.1) is 0 Å². The summed E-state index contributed by atoms with van der Waals surface area (Å²) in [7, 11) is 0. The van der Waals surface area contributed by atoms with Crippen LogP contribution in [0.15, 0.2) is 24.3 Å². The highest BCUT2D eigenvalue weighted by Gasteiger charge is 2.39. The van der Waals surface area contributed by atoms with E-state index >= 15 is 0 Å². The molecule has 0 radical (unpaired) electrons. The van der Waals surface area contributed by atoms with Gasteiger partial charge in [0.1, 0.15) is 0 Å². The van der Waals surface area contributed by atoms with Gasteiger partial charge in [-0.05, 0) is 38.3 Å². The Balaban J connectivity index is 2.08. The quantitative estimate of drug-likeness (QED) is 0.836. The monoisotopic (exact) mass is 249 g/mol. The predicted octanol–water partition coefficient (Wildman–Crippen LogP) is 2.69. The average Bonchev–Trinajstić information content (AvgIpc) is 2.39. The summed E-state index contributed by atoms with van der Waals surface area (Å²) >= 11 is 0. The molecule has 2 rings (SSSR count). The second-order valence-electron chi connectivity index (χ2n) is 5.74. The van der Waals surface area contributed by atoms with Crippen LogP contribution in [-0.2, 0) is 4.79 Å². The zero-order chi connectivity index (χ0) is 13.2. The number of likely N-dealkylation sites (tertiary alicyclic amines) is 1. The fourth-order valence-corrected chi connectivity index (χ4v) is 3.20. The van der Waals surface area contributed by atoms with Gasteiger partial charge in [0.25, 0.3) is 0 Å². The molecule has 3 heteroatoms. The molecule has 1 fully saturated rings. The lowest BCUT2D eigenvalue weighted by molar-refractivity contribution is -0.143. The van der Waals surface area contributed by atoms with Crippen molar-refractivity contribution in [3.05, 3.63) is 24.3 Å². The summed E-state index contributed by atoms with van der Waals surface area (Å²) in [5, 5.41) is 9.06. The lowest BCUT2D eigenvalue weighted by Crippen LogP contribution is -2.54. The Hall–Kier alpha value is -1.09. The molecule has 18 heavy (non-hydrogen) atoms. The van der Waals surface area contributed by atoms with Gasteiger partial charge in [0.05, 0.1) is 5.92 Å². The molecule has 0 saturated carbocycles. The standard InChI is InChI=1S/C15H23NO2/c1-12(2)15(8-4-3-5-9-15)16-10-6-13(7-11-16)14(17)18/h3-5,8,12-13H,6-7,9-11H2,1-2H3,(H,17,18). The molecular weight excluding hydrogens is 226 g/mol. The van der Waals surface area contributed by atoms with Crippen LogP contribution in [0.1, 0.15) is 33.1 Å². The lowest BCUT2D eigenvalue weighted by atomic mass is 9.77. The van der Waals surface area contributed by atoms with Gasteiger partial charge in [-0.1, -0.05) is 38.2 Å². The topological polar surface area (TPSA) is 40.5 Å². The minimum atomic E-state index is -0.632. The first-order valence-corrected chi connectivity index (χ1v) is 6.88. The summed E-state index contributed by atoms with van der Waals surface area (Å²) in [6.45, 7) is 6.31. The van der Waals surface area contributed by atoms with Crippen LogP contribution in [0.2, 0.25) is 0 Å². The Morgan fingerprint density at radius 1 is 1.33 bits per heavy atom. The van der Waals surface area contributed by atoms with Crippen LogP contribution in [0.3, 0.4) is 0 Å². The zero-order valence-corrected chi connectivity index (χ0v) is 11.3. The summed E-state index contributed by atoms with van der Waals surface area (Å²) in [6, 6.07) is 0. The molecule has 1 aliphatic carbocycles. The molecule has 3 nitrogen and oxygen atoms in total. The number of allylic oxidation sites excluding steroid dienone is 2. The second kappa shape index (κ2) is 5.27. The van der Waals surface area contributed by atoms with Gasteiger partial charge in [0.2, 0.25) is 0 Å². The average molecular weight is 249 g/mol. The number of carbonyl (C=O) groups is 1. The van der Waals surface area contributed by atoms with Gasteiger partial charge in [-0.25, -0.2) is 0 Å². The summed E-state index contributed by atoms with van der Waals surface area (Å²) in [6.07, 6.45) is 11.4. The third-order valence-electron chi connectivity index (χ3n) is 4.51. The maximum absolute atomic E-state index is 11.0. The molecule has 0 aromatic rings. The van der Waals surface area contributed by atoms with Gasteiger partial charge in [-0.2, -0.15) is 0 Å². The largest absolute Gasteiger partial charge is 0.481 e. The van der Waals surface area contributed by atoms with Crippen molar-refractivity contribution in [2.24, 2.45) is 11.8 Å². The van der Waals surface area contributed by atoms with Crippen LogP contribution >= 0.6 is 0 Å². The molecule has 0 amide bonds. The molecular formula is C15H23NO2. The van der Waals surface area contributed by atoms with Crippen molar-refractivity contribution in [3.8, 4) is 0 Å². The second-order valence-corrected chi connectivity index (χ2v) is 5.74. The number of nitrogens with zero attached hydrogens (tertiary/aromatic N) is 1. The summed E-state index contributed by atoms with van der Waals surface area (Å²) in [4.78, 5) is 13.5. The van der Waals surface area contributed by atoms with E-state index in [1.165, 1.54) is 0 Å². The van der Waals surface area contributed by atoms with Crippen LogP contribution in [0.5, 0.6) is 0 Å². The molecule has 100 valence electrons. The van der Waals surface area contributed by atoms with Crippen molar-refractivity contribution in [2.45, 2.75) is 38.6 Å². The van der Waals surface area contributed by atoms with Gasteiger partial charge >= 0.3 is 5.97 Å². The van der Waals surface area contributed by atoms with Gasteiger partial charge in [-0.3, -0.25) is 9.69 Å². The number of piperidine rings is 1. The summed E-state index contributed by atoms with van der Waals surface area (Å²) in [5.41, 5.74) is 0.0955. The molecule has 0 aromatic carbocycles. The predicted molar refractivity (Wildman–Crippen MR) is 72.4 cm³/mol. The van der Waals surface area contributed by atoms with Gasteiger partial charge < -0.3 is 5.11 Å². The van der Waals surface area contributed by atoms with Crippen molar-refractivity contribution >= 4 is 5.97 Å². The first-order valence-electron chi connectivity index (χ1n) is 6.88. The van der Waals surface area contributed by atoms with Crippen LogP contribution in [-0.4, -0.2) is 34.6 Å². The first kappa shape index (κ1) is 13.3. The van der Waals surface area contributed by atoms with E-state index in [1.54, 1.807) is 0 Å². The van der Waals surface area contributed by atoms with E-state index in [0.717, 1.165) is 32.4 Å². The molecule has 1 aliphatic heterocycles. The van der Waals surface area contributed by atoms with Crippen LogP contribution in [0.25, 0.3) is 0 Å². The SMILES string of the molecule is CC(C)C1(N2CCC(C(=O)O)CC2)C=CC=CC1. The summed E-state index contributed by atoms with van der Waals surface area (Å²) < 4.78 is 0. The minimum absolute atomic E-state index is 0.0955. The number of hydrogen-bond acceptors (Lipinski definition) is 2. The number of aliphatic carboxylic acids is 1. The molecule has 2 aliphatic rings. The highest BCUT2D eigenvalue weighted by Crippen LogP contribution is 2.36. The van der Waals surface area contributed by atoms with E-state index in [1.807, 2.05) is 0 Å². The first-order chi connectivity index (χ1) is 8.56. The third-order valence-corrected chi connectivity index (χ3v) is 4.51. The van der Waals surface area contributed by atoms with Gasteiger partial charge in [0, 0.05) is 5.54 Å². The number of carboxylic acids is 1.